The number of nitrogens with one attached hydrogen (secondary N) is 1. The molecular formula is C15H19N3O4S. The van der Waals surface area contributed by atoms with Crippen molar-refractivity contribution in [3.05, 3.63) is 30.5 Å². The van der Waals surface area contributed by atoms with Crippen LogP contribution in [0.15, 0.2) is 35.5 Å². The highest BCUT2D eigenvalue weighted by atomic mass is 32.2. The van der Waals surface area contributed by atoms with Crippen molar-refractivity contribution in [3.8, 4) is 11.5 Å². The van der Waals surface area contributed by atoms with E-state index in [1.54, 1.807) is 13.1 Å². The van der Waals surface area contributed by atoms with E-state index >= 15 is 0 Å². The molecule has 0 saturated heterocycles. The second-order valence-corrected chi connectivity index (χ2v) is 5.85. The SMILES string of the molecule is CCOc1ccc(OCCOC(=O)C(C)Sc2cn[nH]n2)cc1. The summed E-state index contributed by atoms with van der Waals surface area (Å²) in [4.78, 5) is 11.8. The Balaban J connectivity index is 1.65. The molecule has 0 bridgehead atoms. The molecule has 2 rings (SSSR count). The standard InChI is InChI=1S/C15H19N3O4S/c1-3-20-12-4-6-13(7-5-12)21-8-9-22-15(19)11(2)23-14-10-16-18-17-14/h4-7,10-11H,3,8-9H2,1-2H3,(H,16,17,18). The summed E-state index contributed by atoms with van der Waals surface area (Å²) in [5.74, 6) is 1.19. The van der Waals surface area contributed by atoms with Gasteiger partial charge in [0.05, 0.1) is 12.8 Å². The van der Waals surface area contributed by atoms with E-state index < -0.39 is 0 Å². The molecule has 0 aliphatic carbocycles. The van der Waals surface area contributed by atoms with Crippen LogP contribution >= 0.6 is 11.8 Å². The van der Waals surface area contributed by atoms with E-state index in [4.69, 9.17) is 14.2 Å². The zero-order valence-corrected chi connectivity index (χ0v) is 13.8. The maximum Gasteiger partial charge on any atom is 0.319 e. The number of aromatic nitrogens is 3. The first-order valence-electron chi connectivity index (χ1n) is 7.23. The van der Waals surface area contributed by atoms with Gasteiger partial charge in [-0.2, -0.15) is 10.3 Å². The number of rotatable bonds is 9. The van der Waals surface area contributed by atoms with Crippen molar-refractivity contribution in [1.29, 1.82) is 0 Å². The van der Waals surface area contributed by atoms with Gasteiger partial charge in [-0.1, -0.05) is 11.8 Å². The Morgan fingerprint density at radius 3 is 2.52 bits per heavy atom. The summed E-state index contributed by atoms with van der Waals surface area (Å²) in [6, 6.07) is 7.30. The van der Waals surface area contributed by atoms with Gasteiger partial charge in [0.2, 0.25) is 0 Å². The second-order valence-electron chi connectivity index (χ2n) is 4.49. The molecule has 0 aliphatic rings. The Morgan fingerprint density at radius 2 is 1.91 bits per heavy atom. The van der Waals surface area contributed by atoms with Crippen molar-refractivity contribution in [1.82, 2.24) is 15.4 Å². The minimum atomic E-state index is -0.356. The second kappa shape index (κ2) is 9.04. The van der Waals surface area contributed by atoms with Crippen molar-refractivity contribution in [2.24, 2.45) is 0 Å². The van der Waals surface area contributed by atoms with Gasteiger partial charge >= 0.3 is 5.97 Å². The number of hydrogen-bond acceptors (Lipinski definition) is 7. The van der Waals surface area contributed by atoms with E-state index in [0.717, 1.165) is 5.75 Å². The lowest BCUT2D eigenvalue weighted by Gasteiger charge is -2.11. The highest BCUT2D eigenvalue weighted by Crippen LogP contribution is 2.20. The third-order valence-corrected chi connectivity index (χ3v) is 3.74. The molecule has 1 unspecified atom stereocenters. The molecule has 0 spiro atoms. The van der Waals surface area contributed by atoms with Gasteiger partial charge < -0.3 is 14.2 Å². The molecule has 1 atom stereocenters. The van der Waals surface area contributed by atoms with Crippen LogP contribution in [0, 0.1) is 0 Å². The predicted octanol–water partition coefficient (Wildman–Crippen LogP) is 2.31. The van der Waals surface area contributed by atoms with Gasteiger partial charge in [0, 0.05) is 0 Å². The van der Waals surface area contributed by atoms with E-state index in [2.05, 4.69) is 15.4 Å². The average molecular weight is 337 g/mol. The molecule has 0 saturated carbocycles. The largest absolute Gasteiger partial charge is 0.494 e. The van der Waals surface area contributed by atoms with Crippen LogP contribution in [0.3, 0.4) is 0 Å². The third-order valence-electron chi connectivity index (χ3n) is 2.75. The van der Waals surface area contributed by atoms with Gasteiger partial charge in [-0.25, -0.2) is 0 Å². The number of nitrogens with zero attached hydrogens (tertiary/aromatic N) is 2. The monoisotopic (exact) mass is 337 g/mol. The summed E-state index contributed by atoms with van der Waals surface area (Å²) in [7, 11) is 0. The minimum absolute atomic E-state index is 0.190. The van der Waals surface area contributed by atoms with Crippen LogP contribution in [0.2, 0.25) is 0 Å². The lowest BCUT2D eigenvalue weighted by atomic mass is 10.3. The Kier molecular flexibility index (Phi) is 6.74. The number of H-pyrrole nitrogens is 1. The first kappa shape index (κ1) is 17.1. The molecule has 8 heteroatoms. The van der Waals surface area contributed by atoms with Crippen LogP contribution in [0.5, 0.6) is 11.5 Å². The summed E-state index contributed by atoms with van der Waals surface area (Å²) in [5.41, 5.74) is 0. The molecule has 23 heavy (non-hydrogen) atoms. The Hall–Kier alpha value is -2.22. The summed E-state index contributed by atoms with van der Waals surface area (Å²) >= 11 is 1.28. The van der Waals surface area contributed by atoms with E-state index in [9.17, 15) is 4.79 Å². The van der Waals surface area contributed by atoms with Crippen LogP contribution in [-0.4, -0.2) is 46.5 Å². The molecule has 0 radical (unpaired) electrons. The zero-order chi connectivity index (χ0) is 16.5. The van der Waals surface area contributed by atoms with E-state index in [1.165, 1.54) is 11.8 Å². The molecule has 0 aliphatic heterocycles. The van der Waals surface area contributed by atoms with Crippen LogP contribution in [-0.2, 0) is 9.53 Å². The summed E-state index contributed by atoms with van der Waals surface area (Å²) in [6.45, 7) is 4.80. The zero-order valence-electron chi connectivity index (χ0n) is 13.0. The fourth-order valence-electron chi connectivity index (χ4n) is 1.70. The highest BCUT2D eigenvalue weighted by molar-refractivity contribution is 8.00. The average Bonchev–Trinajstić information content (AvgIpc) is 3.06. The van der Waals surface area contributed by atoms with Crippen molar-refractivity contribution in [3.63, 3.8) is 0 Å². The van der Waals surface area contributed by atoms with Crippen LogP contribution in [0.4, 0.5) is 0 Å². The topological polar surface area (TPSA) is 86.3 Å². The smallest absolute Gasteiger partial charge is 0.319 e. The maximum absolute atomic E-state index is 11.8. The molecule has 1 N–H and O–H groups in total. The quantitative estimate of drug-likeness (QED) is 0.427. The number of thioether (sulfide) groups is 1. The lowest BCUT2D eigenvalue weighted by molar-refractivity contribution is -0.143. The van der Waals surface area contributed by atoms with Gasteiger partial charge in [-0.05, 0) is 38.1 Å². The van der Waals surface area contributed by atoms with Gasteiger partial charge in [-0.3, -0.25) is 4.79 Å². The number of aromatic amines is 1. The number of ether oxygens (including phenoxy) is 3. The summed E-state index contributed by atoms with van der Waals surface area (Å²) < 4.78 is 16.0. The van der Waals surface area contributed by atoms with Crippen LogP contribution in [0.25, 0.3) is 0 Å². The number of carbonyl (C=O) groups excluding carboxylic acids is 1. The Labute approximate surface area is 138 Å². The Bertz CT molecular complexity index is 589. The molecule has 0 amide bonds. The van der Waals surface area contributed by atoms with Gasteiger partial charge in [-0.15, -0.1) is 5.10 Å². The van der Waals surface area contributed by atoms with Crippen molar-refractivity contribution in [2.45, 2.75) is 24.1 Å². The van der Waals surface area contributed by atoms with E-state index in [1.807, 2.05) is 31.2 Å². The molecule has 1 heterocycles. The van der Waals surface area contributed by atoms with Crippen LogP contribution in [0.1, 0.15) is 13.8 Å². The molecule has 1 aromatic heterocycles. The normalized spacial score (nSPS) is 11.7. The molecule has 7 nitrogen and oxygen atoms in total. The molecule has 0 fully saturated rings. The van der Waals surface area contributed by atoms with Crippen molar-refractivity contribution in [2.75, 3.05) is 19.8 Å². The van der Waals surface area contributed by atoms with E-state index in [-0.39, 0.29) is 17.8 Å². The van der Waals surface area contributed by atoms with Crippen molar-refractivity contribution >= 4 is 17.7 Å². The molecular weight excluding hydrogens is 318 g/mol. The van der Waals surface area contributed by atoms with Crippen molar-refractivity contribution < 1.29 is 19.0 Å². The summed E-state index contributed by atoms with van der Waals surface area (Å²) in [5, 5.41) is 10.4. The number of hydrogen-bond donors (Lipinski definition) is 1. The fraction of sp³-hybridized carbons (Fsp3) is 0.400. The van der Waals surface area contributed by atoms with E-state index in [0.29, 0.717) is 24.0 Å². The first-order chi connectivity index (χ1) is 11.2. The molecule has 2 aromatic rings. The number of esters is 1. The lowest BCUT2D eigenvalue weighted by Crippen LogP contribution is -2.20. The first-order valence-corrected chi connectivity index (χ1v) is 8.11. The maximum atomic E-state index is 11.8. The van der Waals surface area contributed by atoms with Crippen LogP contribution < -0.4 is 9.47 Å². The number of benzene rings is 1. The van der Waals surface area contributed by atoms with Gasteiger partial charge in [0.1, 0.15) is 35.0 Å². The predicted molar refractivity (Wildman–Crippen MR) is 85.8 cm³/mol. The fourth-order valence-corrected chi connectivity index (χ4v) is 2.43. The number of carbonyl (C=O) groups is 1. The molecule has 1 aromatic carbocycles. The summed E-state index contributed by atoms with van der Waals surface area (Å²) in [6.07, 6.45) is 1.56. The van der Waals surface area contributed by atoms with Gasteiger partial charge in [0.15, 0.2) is 0 Å². The van der Waals surface area contributed by atoms with Gasteiger partial charge in [0.25, 0.3) is 0 Å². The highest BCUT2D eigenvalue weighted by Gasteiger charge is 2.17. The molecule has 124 valence electrons. The Morgan fingerprint density at radius 1 is 1.22 bits per heavy atom. The minimum Gasteiger partial charge on any atom is -0.494 e. The third kappa shape index (κ3) is 5.82.